The van der Waals surface area contributed by atoms with Crippen molar-refractivity contribution in [2.75, 3.05) is 24.2 Å². The molecule has 0 aliphatic heterocycles. The van der Waals surface area contributed by atoms with E-state index in [9.17, 15) is 8.78 Å². The number of hydrogen-bond donors (Lipinski definition) is 3. The van der Waals surface area contributed by atoms with Crippen LogP contribution in [0.3, 0.4) is 0 Å². The molecule has 0 atom stereocenters. The highest BCUT2D eigenvalue weighted by Crippen LogP contribution is 2.26. The van der Waals surface area contributed by atoms with E-state index in [1.807, 2.05) is 6.92 Å². The minimum Gasteiger partial charge on any atom is -0.367 e. The van der Waals surface area contributed by atoms with E-state index in [2.05, 4.69) is 50.7 Å². The first-order valence-electron chi connectivity index (χ1n) is 9.16. The van der Waals surface area contributed by atoms with E-state index >= 15 is 0 Å². The predicted molar refractivity (Wildman–Crippen MR) is 112 cm³/mol. The summed E-state index contributed by atoms with van der Waals surface area (Å²) >= 11 is 1.55. The Hall–Kier alpha value is -2.26. The van der Waals surface area contributed by atoms with E-state index in [1.165, 1.54) is 6.07 Å². The second-order valence-corrected chi connectivity index (χ2v) is 7.63. The topological polar surface area (TPSA) is 78.5 Å². The molecular weight excluding hydrogens is 382 g/mol. The fourth-order valence-electron chi connectivity index (χ4n) is 2.18. The van der Waals surface area contributed by atoms with Gasteiger partial charge in [0.1, 0.15) is 11.5 Å². The number of fused-ring (bicyclic) bond motifs is 1. The number of pyridine rings is 1. The van der Waals surface area contributed by atoms with Crippen molar-refractivity contribution in [3.8, 4) is 11.4 Å². The molecule has 152 valence electrons. The first-order chi connectivity index (χ1) is 13.4. The Morgan fingerprint density at radius 1 is 1.18 bits per heavy atom. The minimum atomic E-state index is -0.531. The molecule has 0 aromatic carbocycles. The van der Waals surface area contributed by atoms with Gasteiger partial charge in [0.15, 0.2) is 17.5 Å². The first-order valence-corrected chi connectivity index (χ1v) is 10.1. The summed E-state index contributed by atoms with van der Waals surface area (Å²) in [5.74, 6) is 1.03. The zero-order chi connectivity index (χ0) is 20.5. The van der Waals surface area contributed by atoms with Crippen LogP contribution < -0.4 is 10.0 Å². The van der Waals surface area contributed by atoms with Crippen molar-refractivity contribution in [1.29, 1.82) is 0 Å². The molecule has 0 amide bonds. The van der Waals surface area contributed by atoms with Gasteiger partial charge in [-0.3, -0.25) is 4.72 Å². The van der Waals surface area contributed by atoms with E-state index < -0.39 is 11.6 Å². The van der Waals surface area contributed by atoms with Crippen LogP contribution in [0.1, 0.15) is 27.7 Å². The van der Waals surface area contributed by atoms with Gasteiger partial charge in [-0.1, -0.05) is 39.6 Å². The van der Waals surface area contributed by atoms with Crippen molar-refractivity contribution in [3.63, 3.8) is 0 Å². The normalized spacial score (nSPS) is 10.8. The average molecular weight is 409 g/mol. The number of halogens is 2. The molecule has 28 heavy (non-hydrogen) atoms. The lowest BCUT2D eigenvalue weighted by Gasteiger charge is -2.08. The van der Waals surface area contributed by atoms with Gasteiger partial charge < -0.3 is 10.3 Å². The maximum atomic E-state index is 13.9. The molecule has 9 heteroatoms. The maximum Gasteiger partial charge on any atom is 0.183 e. The van der Waals surface area contributed by atoms with Gasteiger partial charge in [-0.25, -0.2) is 23.7 Å². The molecule has 0 fully saturated rings. The van der Waals surface area contributed by atoms with Crippen LogP contribution in [0.15, 0.2) is 24.7 Å². The van der Waals surface area contributed by atoms with E-state index in [0.29, 0.717) is 29.0 Å². The highest BCUT2D eigenvalue weighted by molar-refractivity contribution is 7.97. The molecule has 3 aromatic rings. The molecule has 6 nitrogen and oxygen atoms in total. The average Bonchev–Trinajstić information content (AvgIpc) is 3.05. The summed E-state index contributed by atoms with van der Waals surface area (Å²) in [4.78, 5) is 15.1. The van der Waals surface area contributed by atoms with Crippen molar-refractivity contribution in [2.24, 2.45) is 5.92 Å². The van der Waals surface area contributed by atoms with Gasteiger partial charge in [0.05, 0.1) is 12.4 Å². The Morgan fingerprint density at radius 2 is 1.93 bits per heavy atom. The van der Waals surface area contributed by atoms with Crippen LogP contribution in [0.25, 0.3) is 22.4 Å². The molecule has 0 radical (unpaired) electrons. The number of rotatable bonds is 7. The third-order valence-electron chi connectivity index (χ3n) is 3.23. The lowest BCUT2D eigenvalue weighted by molar-refractivity contribution is 0.618. The SMILES string of the molecule is CC(C)C.CCNSCCNc1nc(-c2c[nH]c3ncc(F)cc23)ncc1F. The lowest BCUT2D eigenvalue weighted by Crippen LogP contribution is -2.12. The molecule has 0 saturated heterocycles. The Balaban J connectivity index is 0.000000640. The molecular formula is C19H26F2N6S. The van der Waals surface area contributed by atoms with Crippen molar-refractivity contribution < 1.29 is 8.78 Å². The number of aromatic nitrogens is 4. The van der Waals surface area contributed by atoms with Crippen LogP contribution in [0.2, 0.25) is 0 Å². The molecule has 0 aliphatic rings. The molecule has 0 aliphatic carbocycles. The van der Waals surface area contributed by atoms with Crippen LogP contribution in [-0.2, 0) is 0 Å². The smallest absolute Gasteiger partial charge is 0.183 e. The van der Waals surface area contributed by atoms with Gasteiger partial charge in [-0.05, 0) is 12.0 Å². The van der Waals surface area contributed by atoms with Gasteiger partial charge in [0.2, 0.25) is 0 Å². The third-order valence-corrected chi connectivity index (χ3v) is 4.13. The summed E-state index contributed by atoms with van der Waals surface area (Å²) in [6, 6.07) is 1.35. The number of aromatic amines is 1. The Labute approximate surface area is 168 Å². The van der Waals surface area contributed by atoms with Gasteiger partial charge >= 0.3 is 0 Å². The maximum absolute atomic E-state index is 13.9. The number of nitrogens with one attached hydrogen (secondary N) is 3. The number of anilines is 1. The molecule has 0 unspecified atom stereocenters. The summed E-state index contributed by atoms with van der Waals surface area (Å²) in [6.07, 6.45) is 3.87. The summed E-state index contributed by atoms with van der Waals surface area (Å²) in [7, 11) is 0. The lowest BCUT2D eigenvalue weighted by atomic mass is 10.2. The Bertz CT molecular complexity index is 881. The molecule has 0 saturated carbocycles. The van der Waals surface area contributed by atoms with Crippen LogP contribution >= 0.6 is 11.9 Å². The first kappa shape index (κ1) is 22.0. The second-order valence-electron chi connectivity index (χ2n) is 6.65. The monoisotopic (exact) mass is 408 g/mol. The van der Waals surface area contributed by atoms with E-state index in [1.54, 1.807) is 18.1 Å². The fraction of sp³-hybridized carbons (Fsp3) is 0.421. The molecule has 0 spiro atoms. The zero-order valence-electron chi connectivity index (χ0n) is 16.5. The van der Waals surface area contributed by atoms with Crippen molar-refractivity contribution in [3.05, 3.63) is 36.3 Å². The van der Waals surface area contributed by atoms with Crippen molar-refractivity contribution in [1.82, 2.24) is 24.7 Å². The Kier molecular flexibility index (Phi) is 8.59. The highest BCUT2D eigenvalue weighted by atomic mass is 32.2. The van der Waals surface area contributed by atoms with Crippen LogP contribution in [0, 0.1) is 17.6 Å². The summed E-state index contributed by atoms with van der Waals surface area (Å²) < 4.78 is 30.4. The number of nitrogens with zero attached hydrogens (tertiary/aromatic N) is 3. The molecule has 3 rings (SSSR count). The largest absolute Gasteiger partial charge is 0.367 e. The summed E-state index contributed by atoms with van der Waals surface area (Å²) in [6.45, 7) is 9.92. The van der Waals surface area contributed by atoms with Crippen LogP contribution in [0.5, 0.6) is 0 Å². The third kappa shape index (κ3) is 6.42. The molecule has 0 bridgehead atoms. The van der Waals surface area contributed by atoms with E-state index in [0.717, 1.165) is 30.6 Å². The van der Waals surface area contributed by atoms with Gasteiger partial charge in [-0.15, -0.1) is 0 Å². The number of H-pyrrole nitrogens is 1. The molecule has 3 aromatic heterocycles. The Morgan fingerprint density at radius 3 is 2.64 bits per heavy atom. The quantitative estimate of drug-likeness (QED) is 0.391. The van der Waals surface area contributed by atoms with Crippen molar-refractivity contribution in [2.45, 2.75) is 27.7 Å². The van der Waals surface area contributed by atoms with Gasteiger partial charge in [0, 0.05) is 36.0 Å². The standard InChI is InChI=1S/C15H16F2N6S.C4H10/c1-2-22-24-4-3-18-15-12(17)8-21-14(23-15)11-7-20-13-10(11)5-9(16)6-19-13;1-4(2)3/h5-8,22H,2-4H2,1H3,(H,19,20)(H,18,21,23);4H,1-3H3. The number of hydrogen-bond acceptors (Lipinski definition) is 6. The minimum absolute atomic E-state index is 0.121. The molecule has 3 N–H and O–H groups in total. The molecule has 3 heterocycles. The second kappa shape index (κ2) is 10.9. The van der Waals surface area contributed by atoms with Crippen LogP contribution in [0.4, 0.5) is 14.6 Å². The van der Waals surface area contributed by atoms with Gasteiger partial charge in [-0.2, -0.15) is 0 Å². The van der Waals surface area contributed by atoms with Gasteiger partial charge in [0.25, 0.3) is 0 Å². The zero-order valence-corrected chi connectivity index (χ0v) is 17.3. The fourth-order valence-corrected chi connectivity index (χ4v) is 2.73. The summed E-state index contributed by atoms with van der Waals surface area (Å²) in [5, 5.41) is 3.50. The summed E-state index contributed by atoms with van der Waals surface area (Å²) in [5.41, 5.74) is 1.10. The highest BCUT2D eigenvalue weighted by Gasteiger charge is 2.13. The van der Waals surface area contributed by atoms with E-state index in [4.69, 9.17) is 0 Å². The van der Waals surface area contributed by atoms with Crippen molar-refractivity contribution >= 4 is 28.8 Å². The van der Waals surface area contributed by atoms with Crippen LogP contribution in [-0.4, -0.2) is 38.8 Å². The predicted octanol–water partition coefficient (Wildman–Crippen LogP) is 4.63. The van der Waals surface area contributed by atoms with E-state index in [-0.39, 0.29) is 5.82 Å².